The molecule has 0 amide bonds. The van der Waals surface area contributed by atoms with E-state index in [4.69, 9.17) is 5.26 Å². The zero-order chi connectivity index (χ0) is 11.2. The Bertz CT molecular complexity index is 211. The van der Waals surface area contributed by atoms with Crippen LogP contribution < -0.4 is 0 Å². The van der Waals surface area contributed by atoms with Crippen LogP contribution in [0.25, 0.3) is 0 Å². The van der Waals surface area contributed by atoms with Crippen molar-refractivity contribution in [2.45, 2.75) is 23.6 Å². The Hall–Kier alpha value is -0.350. The highest BCUT2D eigenvalue weighted by molar-refractivity contribution is 9.10. The maximum atomic E-state index is 12.5. The molecule has 82 valence electrons. The summed E-state index contributed by atoms with van der Waals surface area (Å²) in [5.41, 5.74) is 0. The first-order valence-electron chi connectivity index (χ1n) is 3.70. The molecule has 2 nitrogen and oxygen atoms in total. The van der Waals surface area contributed by atoms with Crippen LogP contribution in [0.4, 0.5) is 17.6 Å². The smallest absolute Gasteiger partial charge is 0.363 e. The lowest BCUT2D eigenvalue weighted by Gasteiger charge is -2.20. The van der Waals surface area contributed by atoms with Gasteiger partial charge in [0.2, 0.25) is 0 Å². The molecule has 0 aromatic carbocycles. The Balaban J connectivity index is 3.73. The standard InChI is InChI=1S/C7H8BrF4NO/c8-7(11,12)6(9,10)2-5-14-4-1-3-13/h1-2,4-5H2. The van der Waals surface area contributed by atoms with Crippen LogP contribution in [0.2, 0.25) is 0 Å². The molecule has 0 aromatic heterocycles. The van der Waals surface area contributed by atoms with E-state index in [-0.39, 0.29) is 13.0 Å². The molecule has 0 heterocycles. The van der Waals surface area contributed by atoms with E-state index in [1.54, 1.807) is 22.0 Å². The predicted octanol–water partition coefficient (Wildman–Crippen LogP) is 2.93. The van der Waals surface area contributed by atoms with Crippen LogP contribution in [0.5, 0.6) is 0 Å². The maximum absolute atomic E-state index is 12.5. The summed E-state index contributed by atoms with van der Waals surface area (Å²) in [6, 6.07) is 1.73. The second kappa shape index (κ2) is 5.51. The number of hydrogen-bond donors (Lipinski definition) is 0. The Morgan fingerprint density at radius 1 is 1.21 bits per heavy atom. The maximum Gasteiger partial charge on any atom is 0.363 e. The van der Waals surface area contributed by atoms with Crippen molar-refractivity contribution in [3.63, 3.8) is 0 Å². The third kappa shape index (κ3) is 4.77. The Labute approximate surface area is 87.0 Å². The zero-order valence-electron chi connectivity index (χ0n) is 7.07. The van der Waals surface area contributed by atoms with E-state index >= 15 is 0 Å². The highest BCUT2D eigenvalue weighted by Gasteiger charge is 2.53. The summed E-state index contributed by atoms with van der Waals surface area (Å²) in [4.78, 5) is -4.22. The summed E-state index contributed by atoms with van der Waals surface area (Å²) in [6.07, 6.45) is -1.03. The molecular formula is C7H8BrF4NO. The summed E-state index contributed by atoms with van der Waals surface area (Å²) in [5, 5.41) is 8.05. The molecule has 0 saturated heterocycles. The molecule has 0 radical (unpaired) electrons. The van der Waals surface area contributed by atoms with Crippen LogP contribution in [-0.4, -0.2) is 24.0 Å². The van der Waals surface area contributed by atoms with Gasteiger partial charge in [0.25, 0.3) is 0 Å². The van der Waals surface area contributed by atoms with Gasteiger partial charge in [-0.05, 0) is 15.9 Å². The highest BCUT2D eigenvalue weighted by atomic mass is 79.9. The minimum atomic E-state index is -4.22. The molecule has 0 N–H and O–H groups in total. The molecule has 0 aromatic rings. The number of alkyl halides is 5. The van der Waals surface area contributed by atoms with Gasteiger partial charge in [-0.15, -0.1) is 0 Å². The van der Waals surface area contributed by atoms with Crippen LogP contribution in [0.1, 0.15) is 12.8 Å². The third-order valence-electron chi connectivity index (χ3n) is 1.33. The summed E-state index contributed by atoms with van der Waals surface area (Å²) in [7, 11) is 0. The summed E-state index contributed by atoms with van der Waals surface area (Å²) < 4.78 is 53.8. The lowest BCUT2D eigenvalue weighted by atomic mass is 10.2. The van der Waals surface area contributed by atoms with Crippen LogP contribution in [0, 0.1) is 11.3 Å². The quantitative estimate of drug-likeness (QED) is 0.425. The Morgan fingerprint density at radius 3 is 2.21 bits per heavy atom. The fourth-order valence-electron chi connectivity index (χ4n) is 0.562. The van der Waals surface area contributed by atoms with Gasteiger partial charge in [-0.1, -0.05) is 0 Å². The van der Waals surface area contributed by atoms with E-state index in [1.807, 2.05) is 0 Å². The molecule has 0 aliphatic carbocycles. The van der Waals surface area contributed by atoms with Crippen molar-refractivity contribution in [3.05, 3.63) is 0 Å². The van der Waals surface area contributed by atoms with E-state index in [2.05, 4.69) is 4.74 Å². The molecule has 0 unspecified atom stereocenters. The first kappa shape index (κ1) is 13.7. The third-order valence-corrected chi connectivity index (χ3v) is 1.91. The fraction of sp³-hybridized carbons (Fsp3) is 0.857. The van der Waals surface area contributed by atoms with Crippen LogP contribution in [0.3, 0.4) is 0 Å². The van der Waals surface area contributed by atoms with Gasteiger partial charge in [0.1, 0.15) is 0 Å². The fourth-order valence-corrected chi connectivity index (χ4v) is 0.760. The zero-order valence-corrected chi connectivity index (χ0v) is 8.66. The van der Waals surface area contributed by atoms with Gasteiger partial charge in [0.05, 0.1) is 25.7 Å². The molecule has 7 heteroatoms. The average molecular weight is 278 g/mol. The van der Waals surface area contributed by atoms with Gasteiger partial charge in [0, 0.05) is 6.42 Å². The normalized spacial score (nSPS) is 12.6. The van der Waals surface area contributed by atoms with Crippen molar-refractivity contribution in [2.24, 2.45) is 0 Å². The van der Waals surface area contributed by atoms with Crippen molar-refractivity contribution in [3.8, 4) is 6.07 Å². The molecule has 0 atom stereocenters. The van der Waals surface area contributed by atoms with Gasteiger partial charge >= 0.3 is 10.8 Å². The number of nitrogens with zero attached hydrogens (tertiary/aromatic N) is 1. The first-order chi connectivity index (χ1) is 6.31. The van der Waals surface area contributed by atoms with Crippen LogP contribution in [-0.2, 0) is 4.74 Å². The van der Waals surface area contributed by atoms with Gasteiger partial charge < -0.3 is 4.74 Å². The average Bonchev–Trinajstić information content (AvgIpc) is 2.02. The number of hydrogen-bond acceptors (Lipinski definition) is 2. The minimum absolute atomic E-state index is 0.0273. The summed E-state index contributed by atoms with van der Waals surface area (Å²) in [6.45, 7) is -0.531. The van der Waals surface area contributed by atoms with Crippen molar-refractivity contribution in [1.29, 1.82) is 5.26 Å². The Kier molecular flexibility index (Phi) is 5.37. The second-order valence-corrected chi connectivity index (χ2v) is 3.47. The number of ether oxygens (including phenoxy) is 1. The van der Waals surface area contributed by atoms with Crippen LogP contribution >= 0.6 is 15.9 Å². The molecule has 0 fully saturated rings. The first-order valence-corrected chi connectivity index (χ1v) is 4.50. The van der Waals surface area contributed by atoms with E-state index in [0.717, 1.165) is 0 Å². The molecular weight excluding hydrogens is 270 g/mol. The molecule has 0 aliphatic rings. The van der Waals surface area contributed by atoms with Crippen molar-refractivity contribution >= 4 is 15.9 Å². The molecule has 0 bridgehead atoms. The van der Waals surface area contributed by atoms with Crippen LogP contribution in [0.15, 0.2) is 0 Å². The molecule has 14 heavy (non-hydrogen) atoms. The molecule has 0 spiro atoms. The van der Waals surface area contributed by atoms with E-state index in [0.29, 0.717) is 0 Å². The second-order valence-electron chi connectivity index (χ2n) is 2.47. The van der Waals surface area contributed by atoms with Crippen molar-refractivity contribution < 1.29 is 22.3 Å². The molecule has 0 aliphatic heterocycles. The van der Waals surface area contributed by atoms with E-state index < -0.39 is 23.8 Å². The van der Waals surface area contributed by atoms with Crippen molar-refractivity contribution in [1.82, 2.24) is 0 Å². The summed E-state index contributed by atoms with van der Waals surface area (Å²) in [5.74, 6) is -4.14. The Morgan fingerprint density at radius 2 is 1.79 bits per heavy atom. The lowest BCUT2D eigenvalue weighted by molar-refractivity contribution is -0.158. The number of nitriles is 1. The van der Waals surface area contributed by atoms with Gasteiger partial charge in [-0.3, -0.25) is 0 Å². The monoisotopic (exact) mass is 277 g/mol. The largest absolute Gasteiger partial charge is 0.380 e. The number of rotatable bonds is 6. The molecule has 0 saturated carbocycles. The lowest BCUT2D eigenvalue weighted by Crippen LogP contribution is -2.36. The topological polar surface area (TPSA) is 33.0 Å². The van der Waals surface area contributed by atoms with Gasteiger partial charge in [0.15, 0.2) is 0 Å². The van der Waals surface area contributed by atoms with E-state index in [9.17, 15) is 17.6 Å². The highest BCUT2D eigenvalue weighted by Crippen LogP contribution is 2.41. The minimum Gasteiger partial charge on any atom is -0.380 e. The van der Waals surface area contributed by atoms with Crippen molar-refractivity contribution in [2.75, 3.05) is 13.2 Å². The number of halogens is 5. The van der Waals surface area contributed by atoms with E-state index in [1.165, 1.54) is 0 Å². The predicted molar refractivity (Wildman–Crippen MR) is 44.5 cm³/mol. The molecule has 0 rings (SSSR count). The SMILES string of the molecule is N#CCCOCCC(F)(F)C(F)(F)Br. The summed E-state index contributed by atoms with van der Waals surface area (Å²) >= 11 is 1.59. The van der Waals surface area contributed by atoms with Gasteiger partial charge in [-0.25, -0.2) is 0 Å². The van der Waals surface area contributed by atoms with Gasteiger partial charge in [-0.2, -0.15) is 22.8 Å².